The molecular formula is C45H64N2O5. The number of amides is 1. The summed E-state index contributed by atoms with van der Waals surface area (Å²) in [6, 6.07) is 26.4. The first-order valence-corrected chi connectivity index (χ1v) is 20.4. The van der Waals surface area contributed by atoms with Crippen LogP contribution in [0.4, 0.5) is 5.69 Å². The molecule has 5 unspecified atom stereocenters. The second-order valence-corrected chi connectivity index (χ2v) is 15.0. The Morgan fingerprint density at radius 1 is 0.750 bits per heavy atom. The first-order chi connectivity index (χ1) is 25.6. The summed E-state index contributed by atoms with van der Waals surface area (Å²) in [5.41, 5.74) is 4.61. The molecule has 7 heteroatoms. The fourth-order valence-electron chi connectivity index (χ4n) is 8.03. The van der Waals surface area contributed by atoms with E-state index >= 15 is 0 Å². The molecule has 284 valence electrons. The molecule has 2 aliphatic heterocycles. The van der Waals surface area contributed by atoms with Crippen molar-refractivity contribution in [1.29, 1.82) is 0 Å². The predicted octanol–water partition coefficient (Wildman–Crippen LogP) is 9.99. The number of carbonyl (C=O) groups excluding carboxylic acids is 1. The fraction of sp³-hybridized carbons (Fsp3) is 0.578. The van der Waals surface area contributed by atoms with Crippen LogP contribution in [-0.2, 0) is 20.9 Å². The van der Waals surface area contributed by atoms with E-state index in [0.29, 0.717) is 13.0 Å². The number of aliphatic hydroxyl groups is 2. The lowest BCUT2D eigenvalue weighted by molar-refractivity contribution is -0.264. The Bertz CT molecular complexity index is 1430. The monoisotopic (exact) mass is 712 g/mol. The summed E-state index contributed by atoms with van der Waals surface area (Å²) in [5, 5.41) is 23.0. The number of unbranched alkanes of at least 4 members (excludes halogenated alkanes) is 12. The highest BCUT2D eigenvalue weighted by molar-refractivity contribution is 5.90. The molecule has 7 nitrogen and oxygen atoms in total. The zero-order chi connectivity index (χ0) is 36.4. The van der Waals surface area contributed by atoms with Crippen molar-refractivity contribution < 1.29 is 24.5 Å². The number of rotatable bonds is 22. The summed E-state index contributed by atoms with van der Waals surface area (Å²) in [4.78, 5) is 15.3. The highest BCUT2D eigenvalue weighted by Crippen LogP contribution is 2.47. The van der Waals surface area contributed by atoms with E-state index in [9.17, 15) is 15.0 Å². The van der Waals surface area contributed by atoms with Crippen LogP contribution in [-0.4, -0.2) is 52.9 Å². The normalized spacial score (nSPS) is 22.1. The minimum absolute atomic E-state index is 0.0162. The Morgan fingerprint density at radius 2 is 1.40 bits per heavy atom. The minimum atomic E-state index is -0.652. The van der Waals surface area contributed by atoms with Gasteiger partial charge < -0.3 is 25.0 Å². The van der Waals surface area contributed by atoms with Gasteiger partial charge in [-0.25, -0.2) is 0 Å². The summed E-state index contributed by atoms with van der Waals surface area (Å²) < 4.78 is 13.8. The van der Waals surface area contributed by atoms with Gasteiger partial charge in [-0.2, -0.15) is 0 Å². The van der Waals surface area contributed by atoms with E-state index in [0.717, 1.165) is 60.2 Å². The lowest BCUT2D eigenvalue weighted by Crippen LogP contribution is -2.46. The van der Waals surface area contributed by atoms with Gasteiger partial charge in [0.1, 0.15) is 0 Å². The summed E-state index contributed by atoms with van der Waals surface area (Å²) in [6.45, 7) is 3.99. The molecule has 0 radical (unpaired) electrons. The molecule has 0 saturated carbocycles. The quantitative estimate of drug-likeness (QED) is 0.0899. The molecule has 3 N–H and O–H groups in total. The summed E-state index contributed by atoms with van der Waals surface area (Å²) in [5.74, 6) is -0.0563. The SMILES string of the molecule is CCCCCCCCCCCCCCCC(=O)Nc1cccc(C2OC(CN3CCCC3CO)C(c3ccccc3)C(c3ccc(CO)cc3)O2)c1. The lowest BCUT2D eigenvalue weighted by Gasteiger charge is -2.44. The molecule has 2 saturated heterocycles. The first kappa shape index (κ1) is 40.1. The van der Waals surface area contributed by atoms with Crippen molar-refractivity contribution in [2.75, 3.05) is 25.0 Å². The number of hydrogen-bond acceptors (Lipinski definition) is 6. The Hall–Kier alpha value is -3.07. The third-order valence-corrected chi connectivity index (χ3v) is 11.0. The molecule has 3 aromatic carbocycles. The van der Waals surface area contributed by atoms with E-state index in [1.807, 2.05) is 54.6 Å². The Balaban J connectivity index is 1.20. The van der Waals surface area contributed by atoms with Crippen LogP contribution in [0.3, 0.4) is 0 Å². The van der Waals surface area contributed by atoms with Crippen LogP contribution in [0.25, 0.3) is 0 Å². The molecule has 5 rings (SSSR count). The highest BCUT2D eigenvalue weighted by Gasteiger charge is 2.43. The van der Waals surface area contributed by atoms with E-state index in [-0.39, 0.29) is 43.3 Å². The van der Waals surface area contributed by atoms with E-state index in [4.69, 9.17) is 9.47 Å². The molecular weight excluding hydrogens is 649 g/mol. The van der Waals surface area contributed by atoms with Gasteiger partial charge >= 0.3 is 0 Å². The molecule has 0 aliphatic carbocycles. The van der Waals surface area contributed by atoms with Crippen molar-refractivity contribution in [2.24, 2.45) is 0 Å². The van der Waals surface area contributed by atoms with Gasteiger partial charge in [0, 0.05) is 36.2 Å². The smallest absolute Gasteiger partial charge is 0.224 e. The van der Waals surface area contributed by atoms with Crippen molar-refractivity contribution in [1.82, 2.24) is 4.90 Å². The topological polar surface area (TPSA) is 91.3 Å². The number of benzene rings is 3. The van der Waals surface area contributed by atoms with Crippen molar-refractivity contribution in [3.63, 3.8) is 0 Å². The van der Waals surface area contributed by atoms with Gasteiger partial charge in [-0.15, -0.1) is 0 Å². The minimum Gasteiger partial charge on any atom is -0.395 e. The zero-order valence-corrected chi connectivity index (χ0v) is 31.6. The van der Waals surface area contributed by atoms with Gasteiger partial charge in [0.15, 0.2) is 6.29 Å². The number of likely N-dealkylation sites (tertiary alicyclic amines) is 1. The third-order valence-electron chi connectivity index (χ3n) is 11.0. The third kappa shape index (κ3) is 12.2. The van der Waals surface area contributed by atoms with Crippen LogP contribution in [0.15, 0.2) is 78.9 Å². The Labute approximate surface area is 313 Å². The van der Waals surface area contributed by atoms with E-state index in [1.54, 1.807) is 0 Å². The van der Waals surface area contributed by atoms with E-state index in [1.165, 1.54) is 70.6 Å². The lowest BCUT2D eigenvalue weighted by atomic mass is 9.83. The second kappa shape index (κ2) is 22.2. The van der Waals surface area contributed by atoms with Crippen molar-refractivity contribution in [2.45, 2.75) is 147 Å². The summed E-state index contributed by atoms with van der Waals surface area (Å²) in [7, 11) is 0. The van der Waals surface area contributed by atoms with Crippen LogP contribution in [0.5, 0.6) is 0 Å². The molecule has 3 aromatic rings. The van der Waals surface area contributed by atoms with Gasteiger partial charge in [0.05, 0.1) is 25.4 Å². The summed E-state index contributed by atoms with van der Waals surface area (Å²) >= 11 is 0. The van der Waals surface area contributed by atoms with Crippen LogP contribution < -0.4 is 5.32 Å². The maximum Gasteiger partial charge on any atom is 0.224 e. The molecule has 2 fully saturated rings. The average molecular weight is 713 g/mol. The molecule has 0 aromatic heterocycles. The van der Waals surface area contributed by atoms with Gasteiger partial charge in [-0.3, -0.25) is 9.69 Å². The van der Waals surface area contributed by atoms with Crippen LogP contribution in [0.2, 0.25) is 0 Å². The number of hydrogen-bond donors (Lipinski definition) is 3. The van der Waals surface area contributed by atoms with Gasteiger partial charge in [-0.05, 0) is 54.6 Å². The van der Waals surface area contributed by atoms with E-state index in [2.05, 4.69) is 41.4 Å². The van der Waals surface area contributed by atoms with Crippen molar-refractivity contribution in [3.05, 3.63) is 101 Å². The maximum absolute atomic E-state index is 13.0. The largest absolute Gasteiger partial charge is 0.395 e. The molecule has 2 aliphatic rings. The van der Waals surface area contributed by atoms with Crippen LogP contribution in [0.1, 0.15) is 150 Å². The first-order valence-electron chi connectivity index (χ1n) is 20.4. The highest BCUT2D eigenvalue weighted by atomic mass is 16.7. The average Bonchev–Trinajstić information content (AvgIpc) is 3.64. The van der Waals surface area contributed by atoms with Crippen molar-refractivity contribution in [3.8, 4) is 0 Å². The Kier molecular flexibility index (Phi) is 17.1. The molecule has 52 heavy (non-hydrogen) atoms. The molecule has 5 atom stereocenters. The van der Waals surface area contributed by atoms with Crippen molar-refractivity contribution >= 4 is 11.6 Å². The summed E-state index contributed by atoms with van der Waals surface area (Å²) in [6.07, 6.45) is 18.1. The number of anilines is 1. The number of carbonyl (C=O) groups is 1. The molecule has 0 spiro atoms. The molecule has 1 amide bonds. The van der Waals surface area contributed by atoms with Gasteiger partial charge in [0.2, 0.25) is 5.91 Å². The predicted molar refractivity (Wildman–Crippen MR) is 210 cm³/mol. The Morgan fingerprint density at radius 3 is 2.06 bits per heavy atom. The number of ether oxygens (including phenoxy) is 2. The van der Waals surface area contributed by atoms with E-state index < -0.39 is 6.29 Å². The number of nitrogens with zero attached hydrogens (tertiary/aromatic N) is 1. The zero-order valence-electron chi connectivity index (χ0n) is 31.6. The second-order valence-electron chi connectivity index (χ2n) is 15.0. The number of nitrogens with one attached hydrogen (secondary N) is 1. The van der Waals surface area contributed by atoms with Crippen LogP contribution in [0, 0.1) is 0 Å². The number of aliphatic hydroxyl groups excluding tert-OH is 2. The van der Waals surface area contributed by atoms with Crippen LogP contribution >= 0.6 is 0 Å². The molecule has 0 bridgehead atoms. The standard InChI is InChI=1S/C45H64N2O5/c1-2-3-4-5-6-7-8-9-10-11-12-13-17-25-42(50)46-39-23-18-22-38(31-39)45-51-41(32-47-30-19-24-40(47)34-49)43(36-20-15-14-16-21-36)44(52-45)37-28-26-35(33-48)27-29-37/h14-16,18,20-23,26-29,31,40-41,43-45,48-49H,2-13,17,19,24-25,30,32-34H2,1H3,(H,46,50). The maximum atomic E-state index is 13.0. The fourth-order valence-corrected chi connectivity index (χ4v) is 8.03. The van der Waals surface area contributed by atoms with Gasteiger partial charge in [0.25, 0.3) is 0 Å². The molecule has 2 heterocycles. The van der Waals surface area contributed by atoms with Gasteiger partial charge in [-0.1, -0.05) is 151 Å².